The van der Waals surface area contributed by atoms with Gasteiger partial charge in [-0.25, -0.2) is 13.4 Å². The molecule has 11 nitrogen and oxygen atoms in total. The van der Waals surface area contributed by atoms with Gasteiger partial charge in [-0.15, -0.1) is 0 Å². The Balaban J connectivity index is 2.01. The molecule has 1 aromatic carbocycles. The first-order chi connectivity index (χ1) is 17.5. The molecule has 0 bridgehead atoms. The molecule has 1 aromatic heterocycles. The summed E-state index contributed by atoms with van der Waals surface area (Å²) in [7, 11) is 0.979. The molecule has 0 unspecified atom stereocenters. The maximum Gasteiger partial charge on any atom is 0.262 e. The van der Waals surface area contributed by atoms with Crippen LogP contribution in [0.1, 0.15) is 44.0 Å². The summed E-state index contributed by atoms with van der Waals surface area (Å²) < 4.78 is 41.9. The van der Waals surface area contributed by atoms with E-state index >= 15 is 0 Å². The number of hydrogen-bond acceptors (Lipinski definition) is 7. The second-order valence-electron chi connectivity index (χ2n) is 9.56. The summed E-state index contributed by atoms with van der Waals surface area (Å²) in [5.74, 6) is -0.383. The summed E-state index contributed by atoms with van der Waals surface area (Å²) in [5.41, 5.74) is 0.755. The second-order valence-corrected chi connectivity index (χ2v) is 11.4. The highest BCUT2D eigenvalue weighted by molar-refractivity contribution is 7.89. The van der Waals surface area contributed by atoms with E-state index < -0.39 is 22.2 Å². The predicted octanol–water partition coefficient (Wildman–Crippen LogP) is 2.35. The predicted molar refractivity (Wildman–Crippen MR) is 139 cm³/mol. The van der Waals surface area contributed by atoms with Crippen LogP contribution in [0.5, 0.6) is 5.75 Å². The number of fused-ring (bicyclic) bond motifs is 1. The fraction of sp³-hybridized carbons (Fsp3) is 0.560. The Labute approximate surface area is 218 Å². The summed E-state index contributed by atoms with van der Waals surface area (Å²) in [5, 5.41) is 2.77. The average molecular weight is 536 g/mol. The zero-order chi connectivity index (χ0) is 27.3. The van der Waals surface area contributed by atoms with Gasteiger partial charge in [0.25, 0.3) is 15.9 Å². The Morgan fingerprint density at radius 3 is 2.59 bits per heavy atom. The number of benzene rings is 1. The smallest absolute Gasteiger partial charge is 0.262 e. The molecule has 3 rings (SSSR count). The third-order valence-corrected chi connectivity index (χ3v) is 8.27. The summed E-state index contributed by atoms with van der Waals surface area (Å²) >= 11 is 0. The Morgan fingerprint density at radius 1 is 1.24 bits per heavy atom. The second kappa shape index (κ2) is 12.1. The van der Waals surface area contributed by atoms with Gasteiger partial charge in [0.05, 0.1) is 24.0 Å². The van der Waals surface area contributed by atoms with E-state index in [4.69, 9.17) is 9.47 Å². The first-order valence-electron chi connectivity index (χ1n) is 12.3. The number of methoxy groups -OCH3 is 1. The highest BCUT2D eigenvalue weighted by atomic mass is 32.2. The van der Waals surface area contributed by atoms with Crippen molar-refractivity contribution >= 4 is 27.5 Å². The zero-order valence-electron chi connectivity index (χ0n) is 22.3. The molecule has 0 radical (unpaired) electrons. The Morgan fingerprint density at radius 2 is 1.97 bits per heavy atom. The molecule has 37 heavy (non-hydrogen) atoms. The number of aromatic nitrogens is 2. The van der Waals surface area contributed by atoms with Crippen molar-refractivity contribution in [2.24, 2.45) is 13.0 Å². The van der Waals surface area contributed by atoms with Gasteiger partial charge in [-0.3, -0.25) is 9.59 Å². The largest absolute Gasteiger partial charge is 0.491 e. The van der Waals surface area contributed by atoms with Gasteiger partial charge in [-0.1, -0.05) is 13.8 Å². The molecule has 3 atom stereocenters. The zero-order valence-corrected chi connectivity index (χ0v) is 23.1. The molecule has 2 aromatic rings. The number of hydrogen-bond donors (Lipinski definition) is 1. The van der Waals surface area contributed by atoms with E-state index in [1.807, 2.05) is 13.8 Å². The van der Waals surface area contributed by atoms with Crippen LogP contribution in [0.25, 0.3) is 0 Å². The van der Waals surface area contributed by atoms with Crippen LogP contribution in [-0.2, 0) is 26.6 Å². The van der Waals surface area contributed by atoms with Crippen LogP contribution >= 0.6 is 0 Å². The Kier molecular flexibility index (Phi) is 9.32. The molecule has 1 aliphatic rings. The number of likely N-dealkylation sites (N-methyl/N-ethyl adjacent to an activating group) is 1. The first kappa shape index (κ1) is 28.6. The molecule has 0 saturated carbocycles. The van der Waals surface area contributed by atoms with E-state index in [1.54, 1.807) is 50.9 Å². The van der Waals surface area contributed by atoms with Gasteiger partial charge in [-0.05, 0) is 37.5 Å². The number of aryl methyl sites for hydroxylation is 1. The van der Waals surface area contributed by atoms with Crippen molar-refractivity contribution in [3.8, 4) is 5.75 Å². The maximum absolute atomic E-state index is 13.6. The van der Waals surface area contributed by atoms with Crippen molar-refractivity contribution in [3.63, 3.8) is 0 Å². The molecule has 2 heterocycles. The van der Waals surface area contributed by atoms with Crippen LogP contribution in [0.4, 0.5) is 5.69 Å². The van der Waals surface area contributed by atoms with Crippen LogP contribution in [0.15, 0.2) is 35.7 Å². The average Bonchev–Trinajstić information content (AvgIpc) is 3.30. The van der Waals surface area contributed by atoms with E-state index in [0.29, 0.717) is 24.3 Å². The lowest BCUT2D eigenvalue weighted by Gasteiger charge is -2.35. The van der Waals surface area contributed by atoms with Gasteiger partial charge in [0.1, 0.15) is 12.4 Å². The number of rotatable bonds is 6. The number of nitrogens with zero attached hydrogens (tertiary/aromatic N) is 4. The summed E-state index contributed by atoms with van der Waals surface area (Å²) in [6, 6.07) is 4.30. The topological polar surface area (TPSA) is 123 Å². The molecule has 0 fully saturated rings. The number of sulfonamides is 1. The molecule has 0 spiro atoms. The molecule has 12 heteroatoms. The van der Waals surface area contributed by atoms with Crippen LogP contribution in [0.2, 0.25) is 0 Å². The molecular weight excluding hydrogens is 498 g/mol. The summed E-state index contributed by atoms with van der Waals surface area (Å²) in [4.78, 5) is 31.1. The molecule has 0 aliphatic carbocycles. The SMILES string of the molecule is CCCC(=O)Nc1ccc2c(c1)C(=O)N(C)C[C@H](OC)[C@@H](C)CN(S(=O)(=O)c1cn(C)cn1)[C@H](C)CO2. The van der Waals surface area contributed by atoms with Gasteiger partial charge < -0.3 is 24.3 Å². The normalized spacial score (nSPS) is 21.9. The van der Waals surface area contributed by atoms with Crippen molar-refractivity contribution in [3.05, 3.63) is 36.3 Å². The van der Waals surface area contributed by atoms with E-state index in [0.717, 1.165) is 0 Å². The van der Waals surface area contributed by atoms with Gasteiger partial charge in [0, 0.05) is 52.6 Å². The molecule has 1 N–H and O–H groups in total. The quantitative estimate of drug-likeness (QED) is 0.602. The van der Waals surface area contributed by atoms with Crippen molar-refractivity contribution in [2.45, 2.75) is 50.8 Å². The number of carbonyl (C=O) groups excluding carboxylic acids is 2. The number of anilines is 1. The van der Waals surface area contributed by atoms with Gasteiger partial charge in [0.2, 0.25) is 5.91 Å². The molecular formula is C25H37N5O6S. The van der Waals surface area contributed by atoms with Crippen molar-refractivity contribution in [2.75, 3.05) is 39.2 Å². The van der Waals surface area contributed by atoms with Crippen molar-refractivity contribution in [1.82, 2.24) is 18.8 Å². The summed E-state index contributed by atoms with van der Waals surface area (Å²) in [6.07, 6.45) is 3.55. The van der Waals surface area contributed by atoms with E-state index in [-0.39, 0.29) is 48.0 Å². The van der Waals surface area contributed by atoms with Gasteiger partial charge in [-0.2, -0.15) is 4.31 Å². The molecule has 2 amide bonds. The maximum atomic E-state index is 13.6. The van der Waals surface area contributed by atoms with Crippen LogP contribution in [0, 0.1) is 5.92 Å². The number of carbonyl (C=O) groups is 2. The van der Waals surface area contributed by atoms with E-state index in [1.165, 1.54) is 21.7 Å². The molecule has 204 valence electrons. The standard InChI is InChI=1S/C25H37N5O6S/c1-7-8-23(31)27-19-9-10-21-20(11-19)25(32)29(5)13-22(35-6)17(2)12-30(18(3)15-36-21)37(33,34)24-14-28(4)16-26-24/h9-11,14,16-18,22H,7-8,12-13,15H2,1-6H3,(H,27,31)/t17-,18+,22-/m0/s1. The fourth-order valence-corrected chi connectivity index (χ4v) is 5.93. The number of ether oxygens (including phenoxy) is 2. The van der Waals surface area contributed by atoms with Gasteiger partial charge >= 0.3 is 0 Å². The highest BCUT2D eigenvalue weighted by Gasteiger charge is 2.35. The van der Waals surface area contributed by atoms with Gasteiger partial charge in [0.15, 0.2) is 5.03 Å². The Hall–Kier alpha value is -2.96. The fourth-order valence-electron chi connectivity index (χ4n) is 4.25. The van der Waals surface area contributed by atoms with E-state index in [2.05, 4.69) is 10.3 Å². The molecule has 1 aliphatic heterocycles. The lowest BCUT2D eigenvalue weighted by atomic mass is 10.0. The Bertz CT molecular complexity index is 1210. The highest BCUT2D eigenvalue weighted by Crippen LogP contribution is 2.28. The van der Waals surface area contributed by atoms with Crippen molar-refractivity contribution < 1.29 is 27.5 Å². The van der Waals surface area contributed by atoms with Crippen LogP contribution < -0.4 is 10.1 Å². The minimum absolute atomic E-state index is 0.00195. The van der Waals surface area contributed by atoms with E-state index in [9.17, 15) is 18.0 Å². The lowest BCUT2D eigenvalue weighted by Crippen LogP contribution is -2.48. The first-order valence-corrected chi connectivity index (χ1v) is 13.8. The third-order valence-electron chi connectivity index (χ3n) is 6.40. The minimum atomic E-state index is -3.93. The minimum Gasteiger partial charge on any atom is -0.491 e. The molecule has 0 saturated heterocycles. The monoisotopic (exact) mass is 535 g/mol. The third kappa shape index (κ3) is 6.68. The summed E-state index contributed by atoms with van der Waals surface area (Å²) in [6.45, 7) is 5.95. The number of nitrogens with one attached hydrogen (secondary N) is 1. The van der Waals surface area contributed by atoms with Crippen molar-refractivity contribution in [1.29, 1.82) is 0 Å². The van der Waals surface area contributed by atoms with Crippen LogP contribution in [0.3, 0.4) is 0 Å². The number of amides is 2. The lowest BCUT2D eigenvalue weighted by molar-refractivity contribution is -0.116. The van der Waals surface area contributed by atoms with Crippen LogP contribution in [-0.4, -0.2) is 85.0 Å². The number of imidazole rings is 1.